The molecule has 0 spiro atoms. The van der Waals surface area contributed by atoms with Crippen LogP contribution in [0.4, 0.5) is 0 Å². The predicted molar refractivity (Wildman–Crippen MR) is 94.7 cm³/mol. The van der Waals surface area contributed by atoms with Crippen molar-refractivity contribution in [2.45, 2.75) is 25.7 Å². The Labute approximate surface area is 143 Å². The third-order valence-electron chi connectivity index (χ3n) is 4.02. The number of hydrogen-bond donors (Lipinski definition) is 1. The van der Waals surface area contributed by atoms with Crippen LogP contribution in [0.25, 0.3) is 6.08 Å². The Morgan fingerprint density at radius 3 is 2.54 bits per heavy atom. The third kappa shape index (κ3) is 4.54. The van der Waals surface area contributed by atoms with Crippen LogP contribution < -0.4 is 19.5 Å². The average Bonchev–Trinajstić information content (AvgIpc) is 2.64. The van der Waals surface area contributed by atoms with Crippen LogP contribution in [0.15, 0.2) is 29.9 Å². The number of amides is 1. The molecule has 0 saturated heterocycles. The fourth-order valence-corrected chi connectivity index (χ4v) is 2.75. The van der Waals surface area contributed by atoms with Gasteiger partial charge in [-0.1, -0.05) is 11.6 Å². The van der Waals surface area contributed by atoms with Gasteiger partial charge < -0.3 is 19.5 Å². The molecule has 2 rings (SSSR count). The summed E-state index contributed by atoms with van der Waals surface area (Å²) in [5.74, 6) is 1.50. The van der Waals surface area contributed by atoms with Crippen molar-refractivity contribution >= 4 is 12.0 Å². The lowest BCUT2D eigenvalue weighted by molar-refractivity contribution is -0.116. The number of rotatable bonds is 7. The molecule has 0 saturated carbocycles. The van der Waals surface area contributed by atoms with E-state index in [0.29, 0.717) is 23.8 Å². The highest BCUT2D eigenvalue weighted by molar-refractivity contribution is 5.92. The van der Waals surface area contributed by atoms with Crippen LogP contribution in [-0.4, -0.2) is 33.8 Å². The number of benzene rings is 1. The van der Waals surface area contributed by atoms with Gasteiger partial charge in [0.1, 0.15) is 0 Å². The minimum atomic E-state index is -0.127. The van der Waals surface area contributed by atoms with Crippen LogP contribution in [0, 0.1) is 0 Å². The average molecular weight is 331 g/mol. The van der Waals surface area contributed by atoms with Gasteiger partial charge in [0.05, 0.1) is 21.3 Å². The molecule has 24 heavy (non-hydrogen) atoms. The Hall–Kier alpha value is -2.43. The standard InChI is InChI=1S/C19H25NO4/c1-22-16-11-9-15(18(23-2)19(16)24-3)10-12-17(21)20-13-14-7-5-4-6-8-14/h7,9-12H,4-6,8,13H2,1-3H3,(H,20,21)/b12-10+. The van der Waals surface area contributed by atoms with E-state index in [1.807, 2.05) is 6.07 Å². The topological polar surface area (TPSA) is 56.8 Å². The number of allylic oxidation sites excluding steroid dienone is 1. The van der Waals surface area contributed by atoms with Gasteiger partial charge in [0.25, 0.3) is 0 Å². The summed E-state index contributed by atoms with van der Waals surface area (Å²) < 4.78 is 16.0. The summed E-state index contributed by atoms with van der Waals surface area (Å²) in [6, 6.07) is 3.61. The van der Waals surface area contributed by atoms with E-state index in [0.717, 1.165) is 18.4 Å². The van der Waals surface area contributed by atoms with Crippen molar-refractivity contribution in [3.8, 4) is 17.2 Å². The van der Waals surface area contributed by atoms with Gasteiger partial charge in [-0.05, 0) is 43.9 Å². The summed E-state index contributed by atoms with van der Waals surface area (Å²) in [4.78, 5) is 12.0. The van der Waals surface area contributed by atoms with Crippen LogP contribution in [-0.2, 0) is 4.79 Å². The zero-order chi connectivity index (χ0) is 17.4. The Bertz CT molecular complexity index is 634. The van der Waals surface area contributed by atoms with Crippen molar-refractivity contribution in [1.82, 2.24) is 5.32 Å². The maximum atomic E-state index is 12.0. The highest BCUT2D eigenvalue weighted by atomic mass is 16.5. The Kier molecular flexibility index (Phi) is 6.73. The first-order valence-electron chi connectivity index (χ1n) is 8.12. The molecule has 0 bridgehead atoms. The van der Waals surface area contributed by atoms with Gasteiger partial charge in [0.15, 0.2) is 11.5 Å². The molecule has 5 nitrogen and oxygen atoms in total. The molecule has 0 aromatic heterocycles. The highest BCUT2D eigenvalue weighted by Crippen LogP contribution is 2.40. The molecule has 0 aliphatic heterocycles. The Morgan fingerprint density at radius 2 is 1.92 bits per heavy atom. The monoisotopic (exact) mass is 331 g/mol. The lowest BCUT2D eigenvalue weighted by Gasteiger charge is -2.14. The van der Waals surface area contributed by atoms with Gasteiger partial charge in [-0.2, -0.15) is 0 Å². The van der Waals surface area contributed by atoms with E-state index in [9.17, 15) is 4.79 Å². The number of carbonyl (C=O) groups is 1. The largest absolute Gasteiger partial charge is 0.493 e. The zero-order valence-corrected chi connectivity index (χ0v) is 14.6. The van der Waals surface area contributed by atoms with Gasteiger partial charge in [-0.15, -0.1) is 0 Å². The van der Waals surface area contributed by atoms with Gasteiger partial charge in [0, 0.05) is 18.2 Å². The first kappa shape index (κ1) is 17.9. The molecule has 1 aliphatic carbocycles. The fourth-order valence-electron chi connectivity index (χ4n) is 2.75. The second-order valence-electron chi connectivity index (χ2n) is 5.58. The van der Waals surface area contributed by atoms with E-state index >= 15 is 0 Å². The fraction of sp³-hybridized carbons (Fsp3) is 0.421. The van der Waals surface area contributed by atoms with Crippen LogP contribution in [0.3, 0.4) is 0 Å². The molecule has 5 heteroatoms. The molecule has 0 heterocycles. The molecular weight excluding hydrogens is 306 g/mol. The van der Waals surface area contributed by atoms with Crippen molar-refractivity contribution in [3.63, 3.8) is 0 Å². The Balaban J connectivity index is 2.04. The lowest BCUT2D eigenvalue weighted by Crippen LogP contribution is -2.24. The molecule has 1 amide bonds. The number of carbonyl (C=O) groups excluding carboxylic acids is 1. The van der Waals surface area contributed by atoms with E-state index in [-0.39, 0.29) is 5.91 Å². The summed E-state index contributed by atoms with van der Waals surface area (Å²) in [6.07, 6.45) is 10.1. The summed E-state index contributed by atoms with van der Waals surface area (Å²) in [5, 5.41) is 2.92. The minimum absolute atomic E-state index is 0.127. The normalized spacial score (nSPS) is 14.2. The second kappa shape index (κ2) is 9.01. The number of nitrogens with one attached hydrogen (secondary N) is 1. The van der Waals surface area contributed by atoms with E-state index in [4.69, 9.17) is 14.2 Å². The van der Waals surface area contributed by atoms with Crippen molar-refractivity contribution in [1.29, 1.82) is 0 Å². The second-order valence-corrected chi connectivity index (χ2v) is 5.58. The predicted octanol–water partition coefficient (Wildman–Crippen LogP) is 3.34. The SMILES string of the molecule is COc1ccc(/C=C/C(=O)NCC2=CCCCC2)c(OC)c1OC. The molecule has 1 aromatic rings. The van der Waals surface area contributed by atoms with Crippen LogP contribution >= 0.6 is 0 Å². The Morgan fingerprint density at radius 1 is 1.12 bits per heavy atom. The molecule has 0 atom stereocenters. The van der Waals surface area contributed by atoms with Crippen molar-refractivity contribution in [3.05, 3.63) is 35.4 Å². The maximum absolute atomic E-state index is 12.0. The number of methoxy groups -OCH3 is 3. The molecule has 0 unspecified atom stereocenters. The maximum Gasteiger partial charge on any atom is 0.244 e. The highest BCUT2D eigenvalue weighted by Gasteiger charge is 2.14. The van der Waals surface area contributed by atoms with Crippen molar-refractivity contribution in [2.75, 3.05) is 27.9 Å². The van der Waals surface area contributed by atoms with E-state index in [1.54, 1.807) is 33.5 Å². The van der Waals surface area contributed by atoms with E-state index in [1.165, 1.54) is 24.5 Å². The van der Waals surface area contributed by atoms with Gasteiger partial charge in [-0.25, -0.2) is 0 Å². The summed E-state index contributed by atoms with van der Waals surface area (Å²) in [5.41, 5.74) is 2.06. The van der Waals surface area contributed by atoms with E-state index in [2.05, 4.69) is 11.4 Å². The first-order chi connectivity index (χ1) is 11.7. The van der Waals surface area contributed by atoms with Gasteiger partial charge in [0.2, 0.25) is 11.7 Å². The molecule has 0 radical (unpaired) electrons. The molecule has 1 aliphatic rings. The molecule has 1 aromatic carbocycles. The molecule has 0 fully saturated rings. The number of ether oxygens (including phenoxy) is 3. The van der Waals surface area contributed by atoms with Crippen LogP contribution in [0.2, 0.25) is 0 Å². The number of hydrogen-bond acceptors (Lipinski definition) is 4. The molecule has 1 N–H and O–H groups in total. The summed E-state index contributed by atoms with van der Waals surface area (Å²) in [6.45, 7) is 0.617. The minimum Gasteiger partial charge on any atom is -0.493 e. The first-order valence-corrected chi connectivity index (χ1v) is 8.12. The molecular formula is C19H25NO4. The van der Waals surface area contributed by atoms with Crippen LogP contribution in [0.1, 0.15) is 31.2 Å². The van der Waals surface area contributed by atoms with Gasteiger partial charge >= 0.3 is 0 Å². The smallest absolute Gasteiger partial charge is 0.244 e. The molecule has 130 valence electrons. The third-order valence-corrected chi connectivity index (χ3v) is 4.02. The van der Waals surface area contributed by atoms with Crippen LogP contribution in [0.5, 0.6) is 17.2 Å². The summed E-state index contributed by atoms with van der Waals surface area (Å²) >= 11 is 0. The lowest BCUT2D eigenvalue weighted by atomic mass is 10.00. The summed E-state index contributed by atoms with van der Waals surface area (Å²) in [7, 11) is 4.68. The zero-order valence-electron chi connectivity index (χ0n) is 14.6. The van der Waals surface area contributed by atoms with Crippen molar-refractivity contribution in [2.24, 2.45) is 0 Å². The van der Waals surface area contributed by atoms with Crippen molar-refractivity contribution < 1.29 is 19.0 Å². The quantitative estimate of drug-likeness (QED) is 0.615. The van der Waals surface area contributed by atoms with Gasteiger partial charge in [-0.3, -0.25) is 4.79 Å². The van der Waals surface area contributed by atoms with E-state index < -0.39 is 0 Å².